The van der Waals surface area contributed by atoms with Gasteiger partial charge in [-0.3, -0.25) is 4.98 Å². The van der Waals surface area contributed by atoms with Gasteiger partial charge in [-0.25, -0.2) is 9.69 Å². The Morgan fingerprint density at radius 1 is 0.512 bits per heavy atom. The zero-order valence-corrected chi connectivity index (χ0v) is 23.0. The van der Waals surface area contributed by atoms with Gasteiger partial charge in [0, 0.05) is 11.6 Å². The van der Waals surface area contributed by atoms with Crippen molar-refractivity contribution in [1.29, 1.82) is 0 Å². The Bertz CT molecular complexity index is 2470. The zero-order valence-electron chi connectivity index (χ0n) is 23.0. The molecule has 0 unspecified atom stereocenters. The molecular formula is C39H22N4. The number of nitrogens with zero attached hydrogens (tertiary/aromatic N) is 4. The van der Waals surface area contributed by atoms with E-state index in [1.165, 1.54) is 0 Å². The minimum atomic E-state index is 0.620. The topological polar surface area (TPSA) is 26.5 Å². The van der Waals surface area contributed by atoms with Gasteiger partial charge in [-0.15, -0.1) is 0 Å². The monoisotopic (exact) mass is 546 g/mol. The molecule has 4 nitrogen and oxygen atoms in total. The molecule has 0 radical (unpaired) electrons. The number of hydrogen-bond acceptors (Lipinski definition) is 1. The highest BCUT2D eigenvalue weighted by Gasteiger charge is 2.17. The SMILES string of the molecule is [C-]#[N+]c1ccc2c(c1)c1cc(-c3ccc(-c4ccc([N+]#[C-])c5ccccc45)c4ccccc34)ccc1n2-c1cccnc1. The van der Waals surface area contributed by atoms with E-state index in [2.05, 4.69) is 92.0 Å². The molecule has 2 aromatic heterocycles. The van der Waals surface area contributed by atoms with Crippen molar-refractivity contribution in [2.75, 3.05) is 0 Å². The first-order valence-electron chi connectivity index (χ1n) is 14.0. The first-order chi connectivity index (χ1) is 21.2. The lowest BCUT2D eigenvalue weighted by molar-refractivity contribution is 1.14. The molecule has 0 atom stereocenters. The number of aromatic nitrogens is 2. The Hall–Kier alpha value is -6.23. The third-order valence-corrected chi connectivity index (χ3v) is 8.33. The predicted molar refractivity (Wildman–Crippen MR) is 177 cm³/mol. The van der Waals surface area contributed by atoms with Gasteiger partial charge in [0.25, 0.3) is 0 Å². The summed E-state index contributed by atoms with van der Waals surface area (Å²) in [5.74, 6) is 0. The molecule has 0 spiro atoms. The molecule has 2 heterocycles. The van der Waals surface area contributed by atoms with Gasteiger partial charge in [0.15, 0.2) is 11.4 Å². The lowest BCUT2D eigenvalue weighted by atomic mass is 9.89. The second-order valence-electron chi connectivity index (χ2n) is 10.6. The van der Waals surface area contributed by atoms with Crippen LogP contribution in [0.15, 0.2) is 134 Å². The molecule has 6 aromatic carbocycles. The summed E-state index contributed by atoms with van der Waals surface area (Å²) < 4.78 is 2.22. The summed E-state index contributed by atoms with van der Waals surface area (Å²) in [7, 11) is 0. The van der Waals surface area contributed by atoms with Crippen molar-refractivity contribution in [2.45, 2.75) is 0 Å². The van der Waals surface area contributed by atoms with E-state index in [1.807, 2.05) is 54.7 Å². The fourth-order valence-electron chi connectivity index (χ4n) is 6.41. The summed E-state index contributed by atoms with van der Waals surface area (Å²) in [6.07, 6.45) is 3.65. The van der Waals surface area contributed by atoms with Crippen LogP contribution in [0.1, 0.15) is 0 Å². The first kappa shape index (κ1) is 24.6. The summed E-state index contributed by atoms with van der Waals surface area (Å²) in [5.41, 5.74) is 8.90. The minimum absolute atomic E-state index is 0.620. The van der Waals surface area contributed by atoms with Crippen LogP contribution in [-0.2, 0) is 0 Å². The summed E-state index contributed by atoms with van der Waals surface area (Å²) in [5, 5.41) is 6.51. The highest BCUT2D eigenvalue weighted by atomic mass is 15.0. The van der Waals surface area contributed by atoms with Crippen molar-refractivity contribution in [1.82, 2.24) is 9.55 Å². The van der Waals surface area contributed by atoms with Gasteiger partial charge >= 0.3 is 0 Å². The molecule has 0 fully saturated rings. The van der Waals surface area contributed by atoms with E-state index in [0.717, 1.165) is 71.3 Å². The maximum Gasteiger partial charge on any atom is 0.194 e. The molecule has 0 aliphatic heterocycles. The zero-order chi connectivity index (χ0) is 28.9. The maximum atomic E-state index is 7.64. The van der Waals surface area contributed by atoms with Gasteiger partial charge in [0.05, 0.1) is 36.1 Å². The molecule has 8 aromatic rings. The van der Waals surface area contributed by atoms with E-state index in [-0.39, 0.29) is 0 Å². The van der Waals surface area contributed by atoms with E-state index in [1.54, 1.807) is 6.20 Å². The molecule has 0 saturated heterocycles. The second-order valence-corrected chi connectivity index (χ2v) is 10.6. The van der Waals surface area contributed by atoms with Gasteiger partial charge in [-0.05, 0) is 85.6 Å². The van der Waals surface area contributed by atoms with Crippen molar-refractivity contribution in [2.24, 2.45) is 0 Å². The van der Waals surface area contributed by atoms with Crippen LogP contribution < -0.4 is 0 Å². The van der Waals surface area contributed by atoms with Gasteiger partial charge < -0.3 is 4.57 Å². The molecule has 0 amide bonds. The second kappa shape index (κ2) is 9.70. The number of benzene rings is 6. The molecule has 4 heteroatoms. The smallest absolute Gasteiger partial charge is 0.194 e. The van der Waals surface area contributed by atoms with Crippen LogP contribution in [0.25, 0.3) is 81.0 Å². The molecule has 198 valence electrons. The van der Waals surface area contributed by atoms with Crippen molar-refractivity contribution in [3.63, 3.8) is 0 Å². The van der Waals surface area contributed by atoms with E-state index in [0.29, 0.717) is 11.4 Å². The van der Waals surface area contributed by atoms with Crippen molar-refractivity contribution < 1.29 is 0 Å². The average Bonchev–Trinajstić information content (AvgIpc) is 3.40. The van der Waals surface area contributed by atoms with Gasteiger partial charge in [0.2, 0.25) is 0 Å². The quantitative estimate of drug-likeness (QED) is 0.202. The van der Waals surface area contributed by atoms with E-state index in [9.17, 15) is 0 Å². The van der Waals surface area contributed by atoms with E-state index >= 15 is 0 Å². The normalized spacial score (nSPS) is 11.2. The third-order valence-electron chi connectivity index (χ3n) is 8.33. The molecule has 8 rings (SSSR count). The summed E-state index contributed by atoms with van der Waals surface area (Å²) in [6.45, 7) is 15.3. The molecule has 0 saturated carbocycles. The highest BCUT2D eigenvalue weighted by molar-refractivity contribution is 6.14. The average molecular weight is 547 g/mol. The Morgan fingerprint density at radius 2 is 1.14 bits per heavy atom. The van der Waals surface area contributed by atoms with Gasteiger partial charge in [0.1, 0.15) is 0 Å². The van der Waals surface area contributed by atoms with Crippen molar-refractivity contribution in [3.05, 3.63) is 157 Å². The van der Waals surface area contributed by atoms with Crippen LogP contribution in [0.4, 0.5) is 11.4 Å². The standard InChI is InChI=1S/C39H22N4/c1-40-26-14-20-39-36(23-26)35-22-25(13-19-38(35)43(39)27-8-7-21-42-24-27)28-15-16-32(30-10-4-3-9-29(28)30)33-17-18-37(41-2)34-12-6-5-11-31(33)34/h3-24H. The molecule has 0 bridgehead atoms. The van der Waals surface area contributed by atoms with Gasteiger partial charge in [-0.2, -0.15) is 0 Å². The van der Waals surface area contributed by atoms with Crippen LogP contribution in [0.3, 0.4) is 0 Å². The number of fused-ring (bicyclic) bond motifs is 5. The summed E-state index contributed by atoms with van der Waals surface area (Å²) in [4.78, 5) is 11.8. The summed E-state index contributed by atoms with van der Waals surface area (Å²) >= 11 is 0. The predicted octanol–water partition coefficient (Wildman–Crippen LogP) is 10.9. The third kappa shape index (κ3) is 3.79. The molecular weight excluding hydrogens is 524 g/mol. The molecule has 0 aliphatic carbocycles. The number of rotatable bonds is 3. The van der Waals surface area contributed by atoms with Crippen LogP contribution in [-0.4, -0.2) is 9.55 Å². The van der Waals surface area contributed by atoms with Crippen LogP contribution in [0.2, 0.25) is 0 Å². The fourth-order valence-corrected chi connectivity index (χ4v) is 6.41. The van der Waals surface area contributed by atoms with Crippen LogP contribution in [0.5, 0.6) is 0 Å². The van der Waals surface area contributed by atoms with Crippen LogP contribution >= 0.6 is 0 Å². The lowest BCUT2D eigenvalue weighted by Gasteiger charge is -2.15. The Morgan fingerprint density at radius 3 is 1.84 bits per heavy atom. The fraction of sp³-hybridized carbons (Fsp3) is 0. The first-order valence-corrected chi connectivity index (χ1v) is 14.0. The van der Waals surface area contributed by atoms with Gasteiger partial charge in [-0.1, -0.05) is 84.9 Å². The maximum absolute atomic E-state index is 7.64. The lowest BCUT2D eigenvalue weighted by Crippen LogP contribution is -1.94. The highest BCUT2D eigenvalue weighted by Crippen LogP contribution is 2.42. The van der Waals surface area contributed by atoms with E-state index < -0.39 is 0 Å². The minimum Gasteiger partial charge on any atom is -0.308 e. The largest absolute Gasteiger partial charge is 0.308 e. The van der Waals surface area contributed by atoms with Crippen molar-refractivity contribution >= 4 is 54.7 Å². The number of hydrogen-bond donors (Lipinski definition) is 0. The molecule has 0 N–H and O–H groups in total. The van der Waals surface area contributed by atoms with E-state index in [4.69, 9.17) is 13.1 Å². The number of pyridine rings is 1. The summed E-state index contributed by atoms with van der Waals surface area (Å²) in [6, 6.07) is 41.6. The Kier molecular flexibility index (Phi) is 5.54. The molecule has 43 heavy (non-hydrogen) atoms. The Labute approximate surface area is 248 Å². The van der Waals surface area contributed by atoms with Crippen molar-refractivity contribution in [3.8, 4) is 27.9 Å². The van der Waals surface area contributed by atoms with Crippen LogP contribution in [0, 0.1) is 13.1 Å². The Balaban J connectivity index is 1.37. The molecule has 0 aliphatic rings.